The van der Waals surface area contributed by atoms with Gasteiger partial charge in [-0.15, -0.1) is 5.10 Å². The molecule has 2 aromatic heterocycles. The number of amides is 1. The average molecular weight is 486 g/mol. The van der Waals surface area contributed by atoms with E-state index in [9.17, 15) is 4.79 Å². The Labute approximate surface area is 207 Å². The third-order valence-electron chi connectivity index (χ3n) is 6.37. The predicted molar refractivity (Wildman–Crippen MR) is 134 cm³/mol. The van der Waals surface area contributed by atoms with Crippen LogP contribution in [0.15, 0.2) is 64.3 Å². The molecule has 3 N–H and O–H groups in total. The number of hydrogen-bond acceptors (Lipinski definition) is 9. The van der Waals surface area contributed by atoms with Crippen LogP contribution < -0.4 is 11.2 Å². The van der Waals surface area contributed by atoms with Crippen LogP contribution in [-0.2, 0) is 6.54 Å². The van der Waals surface area contributed by atoms with Crippen LogP contribution in [0.3, 0.4) is 0 Å². The molecule has 0 saturated carbocycles. The number of carbonyl (C=O) groups is 1. The van der Waals surface area contributed by atoms with Gasteiger partial charge < -0.3 is 5.73 Å². The lowest BCUT2D eigenvalue weighted by molar-refractivity contribution is 0.0945. The number of benzene rings is 2. The predicted octanol–water partition coefficient (Wildman–Crippen LogP) is 3.04. The summed E-state index contributed by atoms with van der Waals surface area (Å²) in [5.41, 5.74) is 12.2. The topological polar surface area (TPSA) is 140 Å². The van der Waals surface area contributed by atoms with Crippen molar-refractivity contribution < 1.29 is 9.42 Å². The fourth-order valence-electron chi connectivity index (χ4n) is 4.32. The Balaban J connectivity index is 1.33. The zero-order valence-electron chi connectivity index (χ0n) is 19.9. The van der Waals surface area contributed by atoms with E-state index in [0.29, 0.717) is 18.3 Å². The lowest BCUT2D eigenvalue weighted by atomic mass is 10.0. The Bertz CT molecular complexity index is 1350. The molecule has 1 amide bonds. The highest BCUT2D eigenvalue weighted by Gasteiger charge is 2.28. The van der Waals surface area contributed by atoms with Crippen LogP contribution in [0.5, 0.6) is 0 Å². The fourth-order valence-corrected chi connectivity index (χ4v) is 4.32. The second-order valence-corrected chi connectivity index (χ2v) is 8.77. The molecule has 0 bridgehead atoms. The zero-order valence-corrected chi connectivity index (χ0v) is 19.9. The summed E-state index contributed by atoms with van der Waals surface area (Å²) in [6.07, 6.45) is 4.95. The summed E-state index contributed by atoms with van der Waals surface area (Å²) in [6.45, 7) is 3.54. The van der Waals surface area contributed by atoms with Crippen LogP contribution in [-0.4, -0.2) is 54.9 Å². The van der Waals surface area contributed by atoms with Gasteiger partial charge in [-0.25, -0.2) is 10.1 Å². The van der Waals surface area contributed by atoms with E-state index >= 15 is 0 Å². The molecular weight excluding hydrogens is 458 g/mol. The van der Waals surface area contributed by atoms with Gasteiger partial charge in [0.05, 0.1) is 11.9 Å². The molecular formula is C25H27N9O2. The first-order valence-electron chi connectivity index (χ1n) is 11.9. The minimum Gasteiger partial charge on any atom is -0.378 e. The minimum atomic E-state index is -0.479. The molecule has 5 rings (SSSR count). The number of anilines is 1. The maximum atomic E-state index is 13.0. The maximum absolute atomic E-state index is 13.0. The number of rotatable bonds is 7. The molecule has 11 nitrogen and oxygen atoms in total. The highest BCUT2D eigenvalue weighted by atomic mass is 16.6. The van der Waals surface area contributed by atoms with E-state index in [1.165, 1.54) is 11.1 Å². The van der Waals surface area contributed by atoms with E-state index in [2.05, 4.69) is 55.1 Å². The van der Waals surface area contributed by atoms with Crippen molar-refractivity contribution in [3.8, 4) is 16.9 Å². The lowest BCUT2D eigenvalue weighted by Crippen LogP contribution is -2.38. The number of hydrogen-bond donors (Lipinski definition) is 2. The van der Waals surface area contributed by atoms with Gasteiger partial charge in [0.1, 0.15) is 0 Å². The first-order chi connectivity index (χ1) is 17.6. The Hall–Kier alpha value is -4.38. The van der Waals surface area contributed by atoms with Crippen molar-refractivity contribution in [1.82, 2.24) is 35.6 Å². The number of hydrazone groups is 1. The highest BCUT2D eigenvalue weighted by Crippen LogP contribution is 2.23. The number of carbonyl (C=O) groups excluding carboxylic acids is 1. The summed E-state index contributed by atoms with van der Waals surface area (Å²) in [5, 5.41) is 19.8. The molecule has 1 saturated heterocycles. The van der Waals surface area contributed by atoms with E-state index in [1.807, 2.05) is 42.5 Å². The van der Waals surface area contributed by atoms with Gasteiger partial charge in [0.2, 0.25) is 11.6 Å². The van der Waals surface area contributed by atoms with Gasteiger partial charge >= 0.3 is 0 Å². The minimum absolute atomic E-state index is 0.0665. The largest absolute Gasteiger partial charge is 0.378 e. The summed E-state index contributed by atoms with van der Waals surface area (Å²) in [4.78, 5) is 15.3. The number of nitrogens with two attached hydrogens (primary N) is 1. The van der Waals surface area contributed by atoms with Gasteiger partial charge in [0, 0.05) is 12.6 Å². The Kier molecular flexibility index (Phi) is 6.80. The van der Waals surface area contributed by atoms with E-state index in [-0.39, 0.29) is 17.3 Å². The van der Waals surface area contributed by atoms with Crippen molar-refractivity contribution in [1.29, 1.82) is 0 Å². The van der Waals surface area contributed by atoms with Gasteiger partial charge in [-0.05, 0) is 53.3 Å². The monoisotopic (exact) mass is 485 g/mol. The van der Waals surface area contributed by atoms with E-state index in [1.54, 1.807) is 6.21 Å². The second-order valence-electron chi connectivity index (χ2n) is 8.77. The summed E-state index contributed by atoms with van der Waals surface area (Å²) >= 11 is 0. The Morgan fingerprint density at radius 2 is 1.92 bits per heavy atom. The first kappa shape index (κ1) is 23.4. The van der Waals surface area contributed by atoms with Gasteiger partial charge in [-0.3, -0.25) is 9.69 Å². The number of nitrogen functional groups attached to an aromatic ring is 1. The summed E-state index contributed by atoms with van der Waals surface area (Å²) in [6, 6.07) is 18.4. The molecule has 1 unspecified atom stereocenters. The second kappa shape index (κ2) is 10.5. The number of nitrogens with zero attached hydrogens (tertiary/aromatic N) is 7. The molecule has 3 heterocycles. The van der Waals surface area contributed by atoms with Crippen molar-refractivity contribution in [3.63, 3.8) is 0 Å². The van der Waals surface area contributed by atoms with Gasteiger partial charge in [0.25, 0.3) is 5.91 Å². The molecule has 0 aliphatic carbocycles. The fraction of sp³-hybridized carbons (Fsp3) is 0.280. The van der Waals surface area contributed by atoms with E-state index in [0.717, 1.165) is 36.1 Å². The Morgan fingerprint density at radius 3 is 2.64 bits per heavy atom. The summed E-state index contributed by atoms with van der Waals surface area (Å²) in [5.74, 6) is -0.215. The zero-order chi connectivity index (χ0) is 24.9. The lowest BCUT2D eigenvalue weighted by Gasteiger charge is -2.33. The van der Waals surface area contributed by atoms with Gasteiger partial charge in [-0.2, -0.15) is 9.78 Å². The molecule has 0 radical (unpaired) electrons. The average Bonchev–Trinajstić information content (AvgIpc) is 3.52. The van der Waals surface area contributed by atoms with Crippen LogP contribution in [0.25, 0.3) is 16.9 Å². The van der Waals surface area contributed by atoms with Crippen molar-refractivity contribution in [3.05, 3.63) is 71.5 Å². The van der Waals surface area contributed by atoms with Crippen molar-refractivity contribution >= 4 is 17.9 Å². The molecule has 184 valence electrons. The van der Waals surface area contributed by atoms with Crippen molar-refractivity contribution in [2.75, 3.05) is 12.3 Å². The molecule has 1 atom stereocenters. The van der Waals surface area contributed by atoms with Crippen LogP contribution in [0, 0.1) is 0 Å². The van der Waals surface area contributed by atoms with E-state index in [4.69, 9.17) is 10.4 Å². The molecule has 1 fully saturated rings. The quantitative estimate of drug-likeness (QED) is 0.301. The maximum Gasteiger partial charge on any atom is 0.293 e. The molecule has 1 aliphatic rings. The van der Waals surface area contributed by atoms with Crippen LogP contribution in [0.4, 0.5) is 5.82 Å². The third kappa shape index (κ3) is 5.01. The van der Waals surface area contributed by atoms with Crippen molar-refractivity contribution in [2.45, 2.75) is 38.8 Å². The van der Waals surface area contributed by atoms with Crippen molar-refractivity contribution in [2.24, 2.45) is 5.10 Å². The standard InChI is InChI=1S/C25H27N9O2/c1-17-7-5-6-14-33(17)16-21-22(28-32-34(21)24-23(26)30-36-31-24)25(35)29-27-15-18-10-12-20(13-11-18)19-8-3-2-4-9-19/h2-4,8-13,15,17H,5-7,14,16H2,1H3,(H2,26,30)(H,29,35)/b27-15-. The molecule has 2 aromatic carbocycles. The number of likely N-dealkylation sites (tertiary alicyclic amines) is 1. The Morgan fingerprint density at radius 1 is 1.14 bits per heavy atom. The number of piperidine rings is 1. The summed E-state index contributed by atoms with van der Waals surface area (Å²) < 4.78 is 6.15. The molecule has 1 aliphatic heterocycles. The number of nitrogens with one attached hydrogen (secondary N) is 1. The van der Waals surface area contributed by atoms with Crippen LogP contribution >= 0.6 is 0 Å². The molecule has 0 spiro atoms. The molecule has 36 heavy (non-hydrogen) atoms. The van der Waals surface area contributed by atoms with Crippen LogP contribution in [0.2, 0.25) is 0 Å². The summed E-state index contributed by atoms with van der Waals surface area (Å²) in [7, 11) is 0. The first-order valence-corrected chi connectivity index (χ1v) is 11.9. The molecule has 4 aromatic rings. The van der Waals surface area contributed by atoms with Crippen LogP contribution in [0.1, 0.15) is 47.9 Å². The van der Waals surface area contributed by atoms with Gasteiger partial charge in [-0.1, -0.05) is 66.2 Å². The highest BCUT2D eigenvalue weighted by molar-refractivity contribution is 5.94. The smallest absolute Gasteiger partial charge is 0.293 e. The SMILES string of the molecule is CC1CCCCN1Cc1c(C(=O)N/N=C\c2ccc(-c3ccccc3)cc2)nnn1-c1nonc1N. The normalized spacial score (nSPS) is 16.4. The van der Waals surface area contributed by atoms with Gasteiger partial charge in [0.15, 0.2) is 5.69 Å². The third-order valence-corrected chi connectivity index (χ3v) is 6.37. The van der Waals surface area contributed by atoms with E-state index < -0.39 is 5.91 Å². The molecule has 11 heteroatoms. The number of aromatic nitrogens is 5.